The monoisotopic (exact) mass is 326 g/mol. The minimum Gasteiger partial charge on any atom is -0.456 e. The summed E-state index contributed by atoms with van der Waals surface area (Å²) in [5, 5.41) is 13.3. The summed E-state index contributed by atoms with van der Waals surface area (Å²) < 4.78 is 5.65. The molecule has 3 rings (SSSR count). The number of hydrogen-bond donors (Lipinski definition) is 2. The lowest BCUT2D eigenvalue weighted by atomic mass is 9.85. The van der Waals surface area contributed by atoms with E-state index in [0.29, 0.717) is 23.6 Å². The van der Waals surface area contributed by atoms with Gasteiger partial charge < -0.3 is 15.2 Å². The van der Waals surface area contributed by atoms with Gasteiger partial charge in [0.2, 0.25) is 0 Å². The zero-order valence-corrected chi connectivity index (χ0v) is 13.6. The van der Waals surface area contributed by atoms with Gasteiger partial charge in [0.25, 0.3) is 5.91 Å². The van der Waals surface area contributed by atoms with E-state index >= 15 is 0 Å². The Labute approximate surface area is 141 Å². The van der Waals surface area contributed by atoms with Crippen molar-refractivity contribution in [3.8, 4) is 11.5 Å². The Balaban J connectivity index is 1.55. The van der Waals surface area contributed by atoms with E-state index in [1.165, 1.54) is 0 Å². The molecular formula is C19H22N2O3. The summed E-state index contributed by atoms with van der Waals surface area (Å²) in [5.74, 6) is 1.11. The summed E-state index contributed by atoms with van der Waals surface area (Å²) in [7, 11) is 0. The zero-order chi connectivity index (χ0) is 16.8. The van der Waals surface area contributed by atoms with Gasteiger partial charge in [-0.3, -0.25) is 9.78 Å². The molecule has 1 fully saturated rings. The number of nitrogens with zero attached hydrogens (tertiary/aromatic N) is 1. The average Bonchev–Trinajstić information content (AvgIpc) is 2.62. The van der Waals surface area contributed by atoms with Crippen molar-refractivity contribution in [1.82, 2.24) is 10.3 Å². The predicted octanol–water partition coefficient (Wildman–Crippen LogP) is 3.30. The Morgan fingerprint density at radius 2 is 1.88 bits per heavy atom. The molecular weight excluding hydrogens is 304 g/mol. The van der Waals surface area contributed by atoms with Crippen LogP contribution in [0.2, 0.25) is 0 Å². The summed E-state index contributed by atoms with van der Waals surface area (Å²) in [6.07, 6.45) is 8.02. The maximum atomic E-state index is 12.2. The third kappa shape index (κ3) is 4.32. The first-order valence-electron chi connectivity index (χ1n) is 8.33. The van der Waals surface area contributed by atoms with E-state index in [-0.39, 0.29) is 5.91 Å². The molecule has 0 spiro atoms. The van der Waals surface area contributed by atoms with Gasteiger partial charge >= 0.3 is 0 Å². The molecule has 126 valence electrons. The first-order valence-corrected chi connectivity index (χ1v) is 8.33. The minimum absolute atomic E-state index is 0.179. The van der Waals surface area contributed by atoms with E-state index in [4.69, 9.17) is 4.74 Å². The molecule has 5 nitrogen and oxygen atoms in total. The van der Waals surface area contributed by atoms with Crippen LogP contribution in [0, 0.1) is 0 Å². The second kappa shape index (κ2) is 7.45. The van der Waals surface area contributed by atoms with Crippen molar-refractivity contribution < 1.29 is 14.6 Å². The van der Waals surface area contributed by atoms with Crippen molar-refractivity contribution in [3.05, 3.63) is 54.4 Å². The Morgan fingerprint density at radius 3 is 2.54 bits per heavy atom. The molecule has 0 bridgehead atoms. The second-order valence-electron chi connectivity index (χ2n) is 6.28. The van der Waals surface area contributed by atoms with Crippen LogP contribution in [0.4, 0.5) is 0 Å². The van der Waals surface area contributed by atoms with Crippen molar-refractivity contribution in [2.45, 2.75) is 37.7 Å². The highest BCUT2D eigenvalue weighted by molar-refractivity contribution is 5.94. The van der Waals surface area contributed by atoms with Crippen LogP contribution in [-0.2, 0) is 0 Å². The number of aromatic nitrogens is 1. The largest absolute Gasteiger partial charge is 0.456 e. The van der Waals surface area contributed by atoms with Gasteiger partial charge in [0, 0.05) is 18.3 Å². The molecule has 1 aromatic heterocycles. The lowest BCUT2D eigenvalue weighted by Crippen LogP contribution is -2.44. The van der Waals surface area contributed by atoms with E-state index in [1.807, 2.05) is 6.07 Å². The van der Waals surface area contributed by atoms with Crippen LogP contribution >= 0.6 is 0 Å². The van der Waals surface area contributed by atoms with Crippen molar-refractivity contribution in [2.24, 2.45) is 0 Å². The van der Waals surface area contributed by atoms with Gasteiger partial charge in [-0.25, -0.2) is 0 Å². The van der Waals surface area contributed by atoms with E-state index in [9.17, 15) is 9.90 Å². The van der Waals surface area contributed by atoms with Gasteiger partial charge in [-0.1, -0.05) is 19.3 Å². The Bertz CT molecular complexity index is 665. The van der Waals surface area contributed by atoms with Crippen LogP contribution in [0.5, 0.6) is 11.5 Å². The quantitative estimate of drug-likeness (QED) is 0.884. The van der Waals surface area contributed by atoms with Crippen molar-refractivity contribution in [1.29, 1.82) is 0 Å². The highest BCUT2D eigenvalue weighted by Gasteiger charge is 2.29. The van der Waals surface area contributed by atoms with Crippen LogP contribution in [0.1, 0.15) is 42.5 Å². The second-order valence-corrected chi connectivity index (χ2v) is 6.28. The first-order chi connectivity index (χ1) is 11.6. The number of pyridine rings is 1. The molecule has 24 heavy (non-hydrogen) atoms. The van der Waals surface area contributed by atoms with Crippen molar-refractivity contribution >= 4 is 5.91 Å². The number of carbonyl (C=O) groups excluding carboxylic acids is 1. The van der Waals surface area contributed by atoms with E-state index < -0.39 is 5.60 Å². The molecule has 0 radical (unpaired) electrons. The molecule has 1 aromatic carbocycles. The van der Waals surface area contributed by atoms with E-state index in [0.717, 1.165) is 32.1 Å². The molecule has 1 aliphatic carbocycles. The first kappa shape index (κ1) is 16.5. The van der Waals surface area contributed by atoms with Crippen molar-refractivity contribution in [2.75, 3.05) is 6.54 Å². The third-order valence-corrected chi connectivity index (χ3v) is 4.35. The lowest BCUT2D eigenvalue weighted by molar-refractivity contribution is 0.00525. The summed E-state index contributed by atoms with van der Waals surface area (Å²) in [6, 6.07) is 10.5. The summed E-state index contributed by atoms with van der Waals surface area (Å²) in [6.45, 7) is 0.305. The molecule has 1 saturated carbocycles. The molecule has 5 heteroatoms. The topological polar surface area (TPSA) is 71.5 Å². The standard InChI is InChI=1S/C19H22N2O3/c22-18(21-14-19(23)10-2-1-3-11-19)15-6-8-16(9-7-15)24-17-5-4-12-20-13-17/h4-9,12-13,23H,1-3,10-11,14H2,(H,21,22). The number of amides is 1. The highest BCUT2D eigenvalue weighted by Crippen LogP contribution is 2.27. The van der Waals surface area contributed by atoms with Gasteiger partial charge in [-0.2, -0.15) is 0 Å². The SMILES string of the molecule is O=C(NCC1(O)CCCCC1)c1ccc(Oc2cccnc2)cc1. The summed E-state index contributed by atoms with van der Waals surface area (Å²) in [4.78, 5) is 16.2. The molecule has 2 N–H and O–H groups in total. The highest BCUT2D eigenvalue weighted by atomic mass is 16.5. The third-order valence-electron chi connectivity index (χ3n) is 4.35. The number of carbonyl (C=O) groups is 1. The maximum absolute atomic E-state index is 12.2. The molecule has 0 aliphatic heterocycles. The van der Waals surface area contributed by atoms with Crippen LogP contribution < -0.4 is 10.1 Å². The van der Waals surface area contributed by atoms with Crippen LogP contribution in [0.15, 0.2) is 48.8 Å². The average molecular weight is 326 g/mol. The predicted molar refractivity (Wildman–Crippen MR) is 91.1 cm³/mol. The molecule has 1 heterocycles. The van der Waals surface area contributed by atoms with Gasteiger partial charge in [0.05, 0.1) is 11.8 Å². The van der Waals surface area contributed by atoms with E-state index in [2.05, 4.69) is 10.3 Å². The van der Waals surface area contributed by atoms with Gasteiger partial charge in [0.15, 0.2) is 0 Å². The summed E-state index contributed by atoms with van der Waals surface area (Å²) in [5.41, 5.74) is -0.204. The maximum Gasteiger partial charge on any atom is 0.251 e. The molecule has 2 aromatic rings. The fourth-order valence-electron chi connectivity index (χ4n) is 2.95. The Kier molecular flexibility index (Phi) is 5.11. The number of nitrogens with one attached hydrogen (secondary N) is 1. The zero-order valence-electron chi connectivity index (χ0n) is 13.6. The Morgan fingerprint density at radius 1 is 1.12 bits per heavy atom. The normalized spacial score (nSPS) is 16.4. The summed E-state index contributed by atoms with van der Waals surface area (Å²) >= 11 is 0. The number of rotatable bonds is 5. The van der Waals surface area contributed by atoms with E-state index in [1.54, 1.807) is 42.7 Å². The number of benzene rings is 1. The molecule has 1 aliphatic rings. The van der Waals surface area contributed by atoms with Gasteiger partial charge in [0.1, 0.15) is 11.5 Å². The number of aliphatic hydroxyl groups is 1. The minimum atomic E-state index is -0.753. The van der Waals surface area contributed by atoms with Crippen molar-refractivity contribution in [3.63, 3.8) is 0 Å². The van der Waals surface area contributed by atoms with Crippen LogP contribution in [0.3, 0.4) is 0 Å². The molecule has 1 amide bonds. The number of ether oxygens (including phenoxy) is 1. The lowest BCUT2D eigenvalue weighted by Gasteiger charge is -2.32. The van der Waals surface area contributed by atoms with Crippen LogP contribution in [0.25, 0.3) is 0 Å². The van der Waals surface area contributed by atoms with Gasteiger partial charge in [-0.15, -0.1) is 0 Å². The van der Waals surface area contributed by atoms with Crippen LogP contribution in [-0.4, -0.2) is 28.1 Å². The fraction of sp³-hybridized carbons (Fsp3) is 0.368. The Hall–Kier alpha value is -2.40. The fourth-order valence-corrected chi connectivity index (χ4v) is 2.95. The number of hydrogen-bond acceptors (Lipinski definition) is 4. The smallest absolute Gasteiger partial charge is 0.251 e. The molecule has 0 atom stereocenters. The molecule has 0 unspecified atom stereocenters. The molecule has 0 saturated heterocycles. The van der Waals surface area contributed by atoms with Gasteiger partial charge in [-0.05, 0) is 49.2 Å².